The van der Waals surface area contributed by atoms with E-state index >= 15 is 0 Å². The van der Waals surface area contributed by atoms with E-state index in [0.29, 0.717) is 18.2 Å². The molecule has 0 saturated carbocycles. The van der Waals surface area contributed by atoms with E-state index in [1.54, 1.807) is 7.11 Å². The SMILES string of the molecule is CCNC(CC)c1nnc(Cc2cccc(OC)c2)o1. The second-order valence-corrected chi connectivity index (χ2v) is 4.58. The minimum absolute atomic E-state index is 0.131. The van der Waals surface area contributed by atoms with Crippen LogP contribution in [0.25, 0.3) is 0 Å². The summed E-state index contributed by atoms with van der Waals surface area (Å²) in [6.07, 6.45) is 1.54. The summed E-state index contributed by atoms with van der Waals surface area (Å²) in [4.78, 5) is 0. The van der Waals surface area contributed by atoms with Crippen LogP contribution in [0.5, 0.6) is 5.75 Å². The number of benzene rings is 1. The van der Waals surface area contributed by atoms with Crippen molar-refractivity contribution in [1.29, 1.82) is 0 Å². The Morgan fingerprint density at radius 2 is 2.15 bits per heavy atom. The third-order valence-electron chi connectivity index (χ3n) is 3.13. The summed E-state index contributed by atoms with van der Waals surface area (Å²) >= 11 is 0. The summed E-state index contributed by atoms with van der Waals surface area (Å²) in [6.45, 7) is 5.04. The molecule has 1 heterocycles. The first kappa shape index (κ1) is 14.5. The molecule has 108 valence electrons. The lowest BCUT2D eigenvalue weighted by Gasteiger charge is -2.10. The minimum Gasteiger partial charge on any atom is -0.497 e. The van der Waals surface area contributed by atoms with E-state index in [-0.39, 0.29) is 6.04 Å². The lowest BCUT2D eigenvalue weighted by molar-refractivity contribution is 0.380. The third kappa shape index (κ3) is 3.57. The highest BCUT2D eigenvalue weighted by Crippen LogP contribution is 2.18. The quantitative estimate of drug-likeness (QED) is 0.842. The molecule has 5 nitrogen and oxygen atoms in total. The largest absolute Gasteiger partial charge is 0.497 e. The highest BCUT2D eigenvalue weighted by molar-refractivity contribution is 5.29. The molecule has 1 N–H and O–H groups in total. The predicted octanol–water partition coefficient (Wildman–Crippen LogP) is 2.73. The Hall–Kier alpha value is -1.88. The molecule has 0 aliphatic rings. The van der Waals surface area contributed by atoms with Crippen LogP contribution in [-0.4, -0.2) is 23.9 Å². The molecule has 2 aromatic rings. The second kappa shape index (κ2) is 7.05. The highest BCUT2D eigenvalue weighted by Gasteiger charge is 2.15. The Labute approximate surface area is 119 Å². The van der Waals surface area contributed by atoms with Crippen LogP contribution >= 0.6 is 0 Å². The number of ether oxygens (including phenoxy) is 1. The van der Waals surface area contributed by atoms with Crippen molar-refractivity contribution in [1.82, 2.24) is 15.5 Å². The molecule has 1 atom stereocenters. The first-order valence-electron chi connectivity index (χ1n) is 6.95. The summed E-state index contributed by atoms with van der Waals surface area (Å²) < 4.78 is 10.9. The van der Waals surface area contributed by atoms with E-state index in [1.165, 1.54) is 0 Å². The Balaban J connectivity index is 2.08. The van der Waals surface area contributed by atoms with Crippen molar-refractivity contribution in [2.45, 2.75) is 32.7 Å². The fourth-order valence-corrected chi connectivity index (χ4v) is 2.09. The molecule has 0 aliphatic heterocycles. The van der Waals surface area contributed by atoms with Crippen LogP contribution in [0, 0.1) is 0 Å². The van der Waals surface area contributed by atoms with Gasteiger partial charge in [0.25, 0.3) is 0 Å². The molecule has 0 radical (unpaired) electrons. The van der Waals surface area contributed by atoms with Crippen molar-refractivity contribution in [2.24, 2.45) is 0 Å². The van der Waals surface area contributed by atoms with Crippen LogP contribution in [0.15, 0.2) is 28.7 Å². The van der Waals surface area contributed by atoms with E-state index in [2.05, 4.69) is 29.4 Å². The predicted molar refractivity (Wildman–Crippen MR) is 76.8 cm³/mol. The van der Waals surface area contributed by atoms with Gasteiger partial charge in [0.05, 0.1) is 19.6 Å². The summed E-state index contributed by atoms with van der Waals surface area (Å²) in [7, 11) is 1.66. The number of methoxy groups -OCH3 is 1. The summed E-state index contributed by atoms with van der Waals surface area (Å²) in [6, 6.07) is 8.01. The molecule has 1 aromatic carbocycles. The first-order valence-corrected chi connectivity index (χ1v) is 6.95. The maximum atomic E-state index is 5.74. The van der Waals surface area contributed by atoms with Crippen molar-refractivity contribution < 1.29 is 9.15 Å². The lowest BCUT2D eigenvalue weighted by Crippen LogP contribution is -2.20. The topological polar surface area (TPSA) is 60.2 Å². The van der Waals surface area contributed by atoms with Gasteiger partial charge in [0.1, 0.15) is 5.75 Å². The van der Waals surface area contributed by atoms with Crippen LogP contribution in [0.4, 0.5) is 0 Å². The monoisotopic (exact) mass is 275 g/mol. The lowest BCUT2D eigenvalue weighted by atomic mass is 10.1. The Kier molecular flexibility index (Phi) is 5.12. The number of aromatic nitrogens is 2. The number of rotatable bonds is 7. The zero-order valence-electron chi connectivity index (χ0n) is 12.2. The summed E-state index contributed by atoms with van der Waals surface area (Å²) in [5.41, 5.74) is 1.09. The molecular formula is C15H21N3O2. The van der Waals surface area contributed by atoms with E-state index < -0.39 is 0 Å². The fourth-order valence-electron chi connectivity index (χ4n) is 2.09. The van der Waals surface area contributed by atoms with Crippen molar-refractivity contribution in [3.63, 3.8) is 0 Å². The van der Waals surface area contributed by atoms with Crippen LogP contribution < -0.4 is 10.1 Å². The number of nitrogens with one attached hydrogen (secondary N) is 1. The number of nitrogens with zero attached hydrogens (tertiary/aromatic N) is 2. The van der Waals surface area contributed by atoms with Gasteiger partial charge >= 0.3 is 0 Å². The fraction of sp³-hybridized carbons (Fsp3) is 0.467. The molecule has 0 spiro atoms. The molecule has 0 bridgehead atoms. The Bertz CT molecular complexity index is 539. The van der Waals surface area contributed by atoms with Gasteiger partial charge in [0.15, 0.2) is 0 Å². The zero-order valence-corrected chi connectivity index (χ0v) is 12.2. The molecule has 5 heteroatoms. The van der Waals surface area contributed by atoms with Gasteiger partial charge in [0.2, 0.25) is 11.8 Å². The third-order valence-corrected chi connectivity index (χ3v) is 3.13. The smallest absolute Gasteiger partial charge is 0.233 e. The molecule has 0 amide bonds. The maximum Gasteiger partial charge on any atom is 0.233 e. The van der Waals surface area contributed by atoms with Crippen LogP contribution in [0.1, 0.15) is 43.7 Å². The molecule has 0 saturated heterocycles. The van der Waals surface area contributed by atoms with Crippen LogP contribution in [0.3, 0.4) is 0 Å². The van der Waals surface area contributed by atoms with Gasteiger partial charge in [-0.1, -0.05) is 26.0 Å². The first-order chi connectivity index (χ1) is 9.76. The highest BCUT2D eigenvalue weighted by atomic mass is 16.5. The summed E-state index contributed by atoms with van der Waals surface area (Å²) in [5.74, 6) is 2.12. The van der Waals surface area contributed by atoms with Gasteiger partial charge in [-0.2, -0.15) is 0 Å². The number of hydrogen-bond acceptors (Lipinski definition) is 5. The molecular weight excluding hydrogens is 254 g/mol. The minimum atomic E-state index is 0.131. The van der Waals surface area contributed by atoms with Crippen LogP contribution in [-0.2, 0) is 6.42 Å². The van der Waals surface area contributed by atoms with E-state index in [1.807, 2.05) is 24.3 Å². The average molecular weight is 275 g/mol. The Morgan fingerprint density at radius 1 is 1.30 bits per heavy atom. The van der Waals surface area contributed by atoms with Crippen molar-refractivity contribution in [2.75, 3.05) is 13.7 Å². The normalized spacial score (nSPS) is 12.3. The van der Waals surface area contributed by atoms with E-state index in [0.717, 1.165) is 24.3 Å². The molecule has 2 rings (SSSR count). The average Bonchev–Trinajstić information content (AvgIpc) is 2.93. The molecule has 1 unspecified atom stereocenters. The van der Waals surface area contributed by atoms with Gasteiger partial charge in [-0.3, -0.25) is 0 Å². The van der Waals surface area contributed by atoms with Crippen LogP contribution in [0.2, 0.25) is 0 Å². The van der Waals surface area contributed by atoms with Gasteiger partial charge < -0.3 is 14.5 Å². The standard InChI is InChI=1S/C15H21N3O2/c1-4-13(16-5-2)15-18-17-14(20-15)10-11-7-6-8-12(9-11)19-3/h6-9,13,16H,4-5,10H2,1-3H3. The van der Waals surface area contributed by atoms with Gasteiger partial charge in [-0.05, 0) is 30.7 Å². The molecule has 20 heavy (non-hydrogen) atoms. The summed E-state index contributed by atoms with van der Waals surface area (Å²) in [5, 5.41) is 11.6. The number of hydrogen-bond donors (Lipinski definition) is 1. The maximum absolute atomic E-state index is 5.74. The zero-order chi connectivity index (χ0) is 14.4. The molecule has 0 fully saturated rings. The van der Waals surface area contributed by atoms with E-state index in [9.17, 15) is 0 Å². The van der Waals surface area contributed by atoms with Crippen molar-refractivity contribution in [3.05, 3.63) is 41.6 Å². The van der Waals surface area contributed by atoms with Gasteiger partial charge in [-0.15, -0.1) is 10.2 Å². The van der Waals surface area contributed by atoms with Gasteiger partial charge in [0, 0.05) is 0 Å². The van der Waals surface area contributed by atoms with Crippen molar-refractivity contribution in [3.8, 4) is 5.75 Å². The van der Waals surface area contributed by atoms with E-state index in [4.69, 9.17) is 9.15 Å². The second-order valence-electron chi connectivity index (χ2n) is 4.58. The Morgan fingerprint density at radius 3 is 2.85 bits per heavy atom. The molecule has 0 aliphatic carbocycles. The van der Waals surface area contributed by atoms with Crippen molar-refractivity contribution >= 4 is 0 Å². The molecule has 1 aromatic heterocycles. The van der Waals surface area contributed by atoms with Gasteiger partial charge in [-0.25, -0.2) is 0 Å².